The normalized spacial score (nSPS) is 16.2. The number of nitrogens with zero attached hydrogens (tertiary/aromatic N) is 1. The molecule has 0 aromatic heterocycles. The lowest BCUT2D eigenvalue weighted by atomic mass is 10.0. The van der Waals surface area contributed by atoms with E-state index in [4.69, 9.17) is 0 Å². The summed E-state index contributed by atoms with van der Waals surface area (Å²) in [5.41, 5.74) is 2.04. The number of hydrogen-bond acceptors (Lipinski definition) is 4. The van der Waals surface area contributed by atoms with Crippen molar-refractivity contribution in [2.24, 2.45) is 0 Å². The lowest BCUT2D eigenvalue weighted by molar-refractivity contribution is -0.122. The molecule has 0 spiro atoms. The van der Waals surface area contributed by atoms with Crippen molar-refractivity contribution < 1.29 is 19.5 Å². The second kappa shape index (κ2) is 6.76. The molecule has 0 radical (unpaired) electrons. The summed E-state index contributed by atoms with van der Waals surface area (Å²) < 4.78 is 0.799. The van der Waals surface area contributed by atoms with E-state index in [1.54, 1.807) is 50.2 Å². The molecule has 0 aliphatic carbocycles. The molecule has 1 aliphatic rings. The molecule has 3 rings (SSSR count). The Morgan fingerprint density at radius 3 is 2.19 bits per heavy atom. The Morgan fingerprint density at radius 1 is 1.04 bits per heavy atom. The van der Waals surface area contributed by atoms with E-state index < -0.39 is 17.8 Å². The van der Waals surface area contributed by atoms with E-state index in [1.165, 1.54) is 6.08 Å². The van der Waals surface area contributed by atoms with Gasteiger partial charge in [-0.15, -0.1) is 0 Å². The zero-order valence-electron chi connectivity index (χ0n) is 14.0. The molecule has 0 atom stereocenters. The van der Waals surface area contributed by atoms with E-state index in [1.807, 2.05) is 0 Å². The first-order valence-corrected chi connectivity index (χ1v) is 8.54. The van der Waals surface area contributed by atoms with Gasteiger partial charge in [-0.2, -0.15) is 0 Å². The van der Waals surface area contributed by atoms with Crippen molar-refractivity contribution in [3.8, 4) is 5.75 Å². The quantitative estimate of drug-likeness (QED) is 0.581. The van der Waals surface area contributed by atoms with E-state index in [2.05, 4.69) is 21.2 Å². The second-order valence-corrected chi connectivity index (χ2v) is 6.85. The Balaban J connectivity index is 2.04. The minimum atomic E-state index is -0.794. The van der Waals surface area contributed by atoms with Crippen molar-refractivity contribution in [2.75, 3.05) is 4.90 Å². The first-order valence-electron chi connectivity index (χ1n) is 7.75. The van der Waals surface area contributed by atoms with Gasteiger partial charge < -0.3 is 5.11 Å². The first kappa shape index (κ1) is 17.9. The number of carbonyl (C=O) groups is 3. The fraction of sp³-hybridized carbons (Fsp3) is 0.105. The van der Waals surface area contributed by atoms with Crippen LogP contribution in [0.3, 0.4) is 0 Å². The Morgan fingerprint density at radius 2 is 1.62 bits per heavy atom. The van der Waals surface area contributed by atoms with Crippen molar-refractivity contribution in [2.45, 2.75) is 13.8 Å². The van der Waals surface area contributed by atoms with E-state index in [0.29, 0.717) is 22.4 Å². The molecule has 4 amide bonds. The van der Waals surface area contributed by atoms with Gasteiger partial charge >= 0.3 is 6.03 Å². The number of phenols is 1. The molecule has 1 aliphatic heterocycles. The van der Waals surface area contributed by atoms with Gasteiger partial charge in [-0.1, -0.05) is 15.9 Å². The molecule has 1 heterocycles. The third-order valence-corrected chi connectivity index (χ3v) is 4.54. The monoisotopic (exact) mass is 414 g/mol. The molecule has 0 bridgehead atoms. The molecular formula is C19H15BrN2O4. The van der Waals surface area contributed by atoms with E-state index in [9.17, 15) is 19.5 Å². The minimum absolute atomic E-state index is 0.156. The van der Waals surface area contributed by atoms with Crippen LogP contribution in [0.1, 0.15) is 16.7 Å². The highest BCUT2D eigenvalue weighted by Gasteiger charge is 2.36. The van der Waals surface area contributed by atoms with Crippen LogP contribution in [0.2, 0.25) is 0 Å². The third-order valence-electron chi connectivity index (χ3n) is 4.01. The highest BCUT2D eigenvalue weighted by Crippen LogP contribution is 2.26. The molecule has 132 valence electrons. The number of amides is 4. The van der Waals surface area contributed by atoms with Gasteiger partial charge in [-0.3, -0.25) is 14.9 Å². The molecule has 0 unspecified atom stereocenters. The van der Waals surface area contributed by atoms with Gasteiger partial charge in [0.15, 0.2) is 0 Å². The van der Waals surface area contributed by atoms with Crippen molar-refractivity contribution in [3.05, 3.63) is 63.1 Å². The number of nitrogens with one attached hydrogen (secondary N) is 1. The summed E-state index contributed by atoms with van der Waals surface area (Å²) in [4.78, 5) is 38.0. The van der Waals surface area contributed by atoms with E-state index >= 15 is 0 Å². The van der Waals surface area contributed by atoms with Gasteiger partial charge in [0.1, 0.15) is 11.3 Å². The summed E-state index contributed by atoms with van der Waals surface area (Å²) in [6, 6.07) is 9.13. The summed E-state index contributed by atoms with van der Waals surface area (Å²) in [7, 11) is 0. The van der Waals surface area contributed by atoms with Gasteiger partial charge in [-0.25, -0.2) is 9.69 Å². The Labute approximate surface area is 158 Å². The predicted octanol–water partition coefficient (Wildman–Crippen LogP) is 3.44. The largest absolute Gasteiger partial charge is 0.507 e. The Hall–Kier alpha value is -2.93. The van der Waals surface area contributed by atoms with Gasteiger partial charge in [0, 0.05) is 4.47 Å². The Kier molecular flexibility index (Phi) is 4.65. The number of hydrogen-bond donors (Lipinski definition) is 2. The van der Waals surface area contributed by atoms with E-state index in [-0.39, 0.29) is 11.3 Å². The van der Waals surface area contributed by atoms with Crippen LogP contribution in [0, 0.1) is 13.8 Å². The third kappa shape index (κ3) is 3.25. The molecule has 1 fully saturated rings. The van der Waals surface area contributed by atoms with Gasteiger partial charge in [0.25, 0.3) is 11.8 Å². The second-order valence-electron chi connectivity index (χ2n) is 5.94. The highest BCUT2D eigenvalue weighted by atomic mass is 79.9. The predicted molar refractivity (Wildman–Crippen MR) is 101 cm³/mol. The lowest BCUT2D eigenvalue weighted by Gasteiger charge is -2.26. The molecule has 2 aromatic carbocycles. The van der Waals surface area contributed by atoms with Crippen LogP contribution in [-0.2, 0) is 9.59 Å². The number of barbiturate groups is 1. The number of urea groups is 1. The smallest absolute Gasteiger partial charge is 0.335 e. The Bertz CT molecular complexity index is 941. The molecule has 2 N–H and O–H groups in total. The van der Waals surface area contributed by atoms with Crippen molar-refractivity contribution in [1.82, 2.24) is 5.32 Å². The summed E-state index contributed by atoms with van der Waals surface area (Å²) in [6.45, 7) is 3.45. The number of benzene rings is 2. The average molecular weight is 415 g/mol. The zero-order chi connectivity index (χ0) is 19.0. The van der Waals surface area contributed by atoms with Crippen LogP contribution in [-0.4, -0.2) is 23.0 Å². The van der Waals surface area contributed by atoms with Gasteiger partial charge in [0.2, 0.25) is 0 Å². The van der Waals surface area contributed by atoms with Crippen LogP contribution in [0.4, 0.5) is 10.5 Å². The highest BCUT2D eigenvalue weighted by molar-refractivity contribution is 9.10. The van der Waals surface area contributed by atoms with Crippen LogP contribution >= 0.6 is 15.9 Å². The fourth-order valence-corrected chi connectivity index (χ4v) is 2.99. The van der Waals surface area contributed by atoms with Crippen LogP contribution in [0.5, 0.6) is 5.75 Å². The summed E-state index contributed by atoms with van der Waals surface area (Å²) in [5.74, 6) is -1.29. The van der Waals surface area contributed by atoms with E-state index in [0.717, 1.165) is 9.37 Å². The number of aryl methyl sites for hydroxylation is 2. The summed E-state index contributed by atoms with van der Waals surface area (Å²) in [5, 5.41) is 12.0. The minimum Gasteiger partial charge on any atom is -0.507 e. The van der Waals surface area contributed by atoms with Crippen LogP contribution < -0.4 is 10.2 Å². The maximum absolute atomic E-state index is 12.8. The maximum atomic E-state index is 12.8. The molecular weight excluding hydrogens is 400 g/mol. The molecule has 7 heteroatoms. The average Bonchev–Trinajstić information content (AvgIpc) is 2.58. The SMILES string of the molecule is Cc1cc(C=C2C(=O)NC(=O)N(c3ccc(Br)cc3)C2=O)cc(C)c1O. The fourth-order valence-electron chi connectivity index (χ4n) is 2.72. The van der Waals surface area contributed by atoms with Crippen molar-refractivity contribution in [3.63, 3.8) is 0 Å². The topological polar surface area (TPSA) is 86.7 Å². The number of anilines is 1. The van der Waals surface area contributed by atoms with Gasteiger partial charge in [-0.05, 0) is 73.0 Å². The molecule has 6 nitrogen and oxygen atoms in total. The number of aromatic hydroxyl groups is 1. The van der Waals surface area contributed by atoms with Crippen molar-refractivity contribution >= 4 is 45.5 Å². The standard InChI is InChI=1S/C19H15BrN2O4/c1-10-7-12(8-11(2)16(10)23)9-15-17(24)21-19(26)22(18(15)25)14-5-3-13(20)4-6-14/h3-9,23H,1-2H3,(H,21,24,26). The number of carbonyl (C=O) groups excluding carboxylic acids is 3. The number of imide groups is 2. The zero-order valence-corrected chi connectivity index (χ0v) is 15.6. The summed E-state index contributed by atoms with van der Waals surface area (Å²) >= 11 is 3.29. The number of rotatable bonds is 2. The summed E-state index contributed by atoms with van der Waals surface area (Å²) in [6.07, 6.45) is 1.41. The van der Waals surface area contributed by atoms with Crippen LogP contribution in [0.25, 0.3) is 6.08 Å². The molecule has 1 saturated heterocycles. The maximum Gasteiger partial charge on any atom is 0.335 e. The van der Waals surface area contributed by atoms with Crippen LogP contribution in [0.15, 0.2) is 46.4 Å². The first-order chi connectivity index (χ1) is 12.3. The number of halogens is 1. The van der Waals surface area contributed by atoms with Crippen molar-refractivity contribution in [1.29, 1.82) is 0 Å². The van der Waals surface area contributed by atoms with Gasteiger partial charge in [0.05, 0.1) is 5.69 Å². The molecule has 0 saturated carbocycles. The molecule has 2 aromatic rings. The lowest BCUT2D eigenvalue weighted by Crippen LogP contribution is -2.54. The number of phenolic OH excluding ortho intramolecular Hbond substituents is 1. The molecule has 26 heavy (non-hydrogen) atoms.